The maximum Gasteiger partial charge on any atom is 0.331 e. The van der Waals surface area contributed by atoms with Gasteiger partial charge in [-0.2, -0.15) is 0 Å². The van der Waals surface area contributed by atoms with Gasteiger partial charge in [0.2, 0.25) is 0 Å². The molecule has 1 atom stereocenters. The fourth-order valence-corrected chi connectivity index (χ4v) is 2.15. The molecular formula is C15H19NO2. The van der Waals surface area contributed by atoms with E-state index in [1.807, 2.05) is 30.3 Å². The quantitative estimate of drug-likeness (QED) is 0.604. The van der Waals surface area contributed by atoms with E-state index in [4.69, 9.17) is 4.74 Å². The lowest BCUT2D eigenvalue weighted by atomic mass is 10.1. The summed E-state index contributed by atoms with van der Waals surface area (Å²) in [6.07, 6.45) is 5.39. The highest BCUT2D eigenvalue weighted by Gasteiger charge is 2.19. The van der Waals surface area contributed by atoms with E-state index in [2.05, 4.69) is 11.9 Å². The summed E-state index contributed by atoms with van der Waals surface area (Å²) < 4.78 is 5.42. The van der Waals surface area contributed by atoms with Crippen molar-refractivity contribution in [2.24, 2.45) is 0 Å². The van der Waals surface area contributed by atoms with E-state index < -0.39 is 0 Å². The predicted molar refractivity (Wildman–Crippen MR) is 72.1 cm³/mol. The Bertz CT molecular complexity index is 414. The molecule has 0 saturated carbocycles. The van der Waals surface area contributed by atoms with Crippen LogP contribution < -0.4 is 0 Å². The van der Waals surface area contributed by atoms with Crippen LogP contribution in [0.1, 0.15) is 18.4 Å². The molecule has 3 heteroatoms. The Morgan fingerprint density at radius 2 is 2.17 bits per heavy atom. The molecule has 1 aliphatic rings. The first-order valence-electron chi connectivity index (χ1n) is 6.36. The molecule has 1 aromatic rings. The summed E-state index contributed by atoms with van der Waals surface area (Å²) in [4.78, 5) is 13.9. The summed E-state index contributed by atoms with van der Waals surface area (Å²) in [5.74, 6) is -0.251. The summed E-state index contributed by atoms with van der Waals surface area (Å²) in [5, 5.41) is 0. The summed E-state index contributed by atoms with van der Waals surface area (Å²) in [6, 6.07) is 9.76. The Morgan fingerprint density at radius 1 is 1.39 bits per heavy atom. The van der Waals surface area contributed by atoms with Crippen molar-refractivity contribution in [3.8, 4) is 0 Å². The van der Waals surface area contributed by atoms with Crippen LogP contribution in [0, 0.1) is 0 Å². The van der Waals surface area contributed by atoms with Crippen molar-refractivity contribution in [2.75, 3.05) is 20.1 Å². The number of likely N-dealkylation sites (N-methyl/N-ethyl adjacent to an activating group) is 1. The molecule has 1 saturated heterocycles. The van der Waals surface area contributed by atoms with Crippen molar-refractivity contribution in [3.05, 3.63) is 42.0 Å². The number of benzene rings is 1. The van der Waals surface area contributed by atoms with Crippen molar-refractivity contribution >= 4 is 12.0 Å². The fourth-order valence-electron chi connectivity index (χ4n) is 2.15. The van der Waals surface area contributed by atoms with Crippen LogP contribution in [0.2, 0.25) is 0 Å². The average molecular weight is 245 g/mol. The van der Waals surface area contributed by atoms with Crippen LogP contribution in [0.5, 0.6) is 0 Å². The lowest BCUT2D eigenvalue weighted by Crippen LogP contribution is -2.37. The molecule has 0 bridgehead atoms. The van der Waals surface area contributed by atoms with Crippen LogP contribution >= 0.6 is 0 Å². The Hall–Kier alpha value is -1.61. The minimum Gasteiger partial charge on any atom is -0.458 e. The number of hydrogen-bond donors (Lipinski definition) is 0. The number of carbonyl (C=O) groups is 1. The molecule has 0 spiro atoms. The van der Waals surface area contributed by atoms with E-state index in [0.29, 0.717) is 0 Å². The molecular weight excluding hydrogens is 226 g/mol. The molecule has 3 nitrogen and oxygen atoms in total. The highest BCUT2D eigenvalue weighted by Crippen LogP contribution is 2.12. The van der Waals surface area contributed by atoms with E-state index in [0.717, 1.165) is 31.5 Å². The third kappa shape index (κ3) is 4.00. The number of piperidine rings is 1. The number of ether oxygens (including phenoxy) is 1. The van der Waals surface area contributed by atoms with Crippen molar-refractivity contribution in [1.29, 1.82) is 0 Å². The number of hydrogen-bond acceptors (Lipinski definition) is 3. The van der Waals surface area contributed by atoms with Crippen LogP contribution in [0.15, 0.2) is 36.4 Å². The largest absolute Gasteiger partial charge is 0.458 e. The second kappa shape index (κ2) is 6.36. The molecule has 1 heterocycles. The van der Waals surface area contributed by atoms with Crippen molar-refractivity contribution in [3.63, 3.8) is 0 Å². The van der Waals surface area contributed by atoms with Gasteiger partial charge in [0.1, 0.15) is 6.10 Å². The summed E-state index contributed by atoms with van der Waals surface area (Å²) in [6.45, 7) is 1.93. The minimum absolute atomic E-state index is 0.0386. The first-order valence-corrected chi connectivity index (χ1v) is 6.36. The van der Waals surface area contributed by atoms with Gasteiger partial charge >= 0.3 is 5.97 Å². The molecule has 0 aromatic heterocycles. The van der Waals surface area contributed by atoms with Gasteiger partial charge in [0.25, 0.3) is 0 Å². The molecule has 1 aromatic carbocycles. The van der Waals surface area contributed by atoms with Crippen LogP contribution in [0.4, 0.5) is 0 Å². The topological polar surface area (TPSA) is 29.5 Å². The molecule has 0 radical (unpaired) electrons. The normalized spacial score (nSPS) is 21.1. The van der Waals surface area contributed by atoms with Gasteiger partial charge in [0.05, 0.1) is 0 Å². The lowest BCUT2D eigenvalue weighted by Gasteiger charge is -2.28. The third-order valence-electron chi connectivity index (χ3n) is 3.08. The van der Waals surface area contributed by atoms with Gasteiger partial charge in [-0.05, 0) is 38.1 Å². The molecule has 0 aliphatic carbocycles. The number of esters is 1. The highest BCUT2D eigenvalue weighted by atomic mass is 16.5. The van der Waals surface area contributed by atoms with Crippen molar-refractivity contribution in [2.45, 2.75) is 18.9 Å². The van der Waals surface area contributed by atoms with Crippen molar-refractivity contribution in [1.82, 2.24) is 4.90 Å². The Morgan fingerprint density at radius 3 is 2.89 bits per heavy atom. The highest BCUT2D eigenvalue weighted by molar-refractivity contribution is 5.87. The standard InChI is InChI=1S/C15H19NO2/c1-16-11-5-8-14(12-16)18-15(17)10-9-13-6-3-2-4-7-13/h2-4,6-7,9-10,14H,5,8,11-12H2,1H3/b10-9+/t14-/m0/s1. The Balaban J connectivity index is 1.83. The maximum absolute atomic E-state index is 11.7. The number of carbonyl (C=O) groups excluding carboxylic acids is 1. The zero-order chi connectivity index (χ0) is 12.8. The Kier molecular flexibility index (Phi) is 4.53. The van der Waals surface area contributed by atoms with E-state index >= 15 is 0 Å². The molecule has 0 unspecified atom stereocenters. The van der Waals surface area contributed by atoms with Gasteiger partial charge in [0, 0.05) is 12.6 Å². The first-order chi connectivity index (χ1) is 8.74. The maximum atomic E-state index is 11.7. The average Bonchev–Trinajstić information content (AvgIpc) is 2.38. The second-order valence-electron chi connectivity index (χ2n) is 4.71. The minimum atomic E-state index is -0.251. The molecule has 18 heavy (non-hydrogen) atoms. The van der Waals surface area contributed by atoms with Gasteiger partial charge in [-0.3, -0.25) is 0 Å². The molecule has 0 amide bonds. The molecule has 96 valence electrons. The monoisotopic (exact) mass is 245 g/mol. The fraction of sp³-hybridized carbons (Fsp3) is 0.400. The smallest absolute Gasteiger partial charge is 0.331 e. The van der Waals surface area contributed by atoms with Crippen LogP contribution in [0.3, 0.4) is 0 Å². The molecule has 1 aliphatic heterocycles. The molecule has 0 N–H and O–H groups in total. The number of likely N-dealkylation sites (tertiary alicyclic amines) is 1. The zero-order valence-corrected chi connectivity index (χ0v) is 10.7. The van der Waals surface area contributed by atoms with Crippen LogP contribution in [-0.2, 0) is 9.53 Å². The third-order valence-corrected chi connectivity index (χ3v) is 3.08. The van der Waals surface area contributed by atoms with Gasteiger partial charge in [0.15, 0.2) is 0 Å². The van der Waals surface area contributed by atoms with E-state index in [9.17, 15) is 4.79 Å². The summed E-state index contributed by atoms with van der Waals surface area (Å²) in [7, 11) is 2.06. The summed E-state index contributed by atoms with van der Waals surface area (Å²) >= 11 is 0. The lowest BCUT2D eigenvalue weighted by molar-refractivity contribution is -0.145. The van der Waals surface area contributed by atoms with E-state index in [1.54, 1.807) is 6.08 Å². The van der Waals surface area contributed by atoms with Crippen LogP contribution in [-0.4, -0.2) is 37.1 Å². The van der Waals surface area contributed by atoms with Crippen molar-refractivity contribution < 1.29 is 9.53 Å². The number of nitrogens with zero attached hydrogens (tertiary/aromatic N) is 1. The molecule has 1 fully saturated rings. The summed E-state index contributed by atoms with van der Waals surface area (Å²) in [5.41, 5.74) is 1.01. The van der Waals surface area contributed by atoms with E-state index in [-0.39, 0.29) is 12.1 Å². The zero-order valence-electron chi connectivity index (χ0n) is 10.7. The van der Waals surface area contributed by atoms with Gasteiger partial charge in [-0.1, -0.05) is 30.3 Å². The van der Waals surface area contributed by atoms with Gasteiger partial charge in [-0.25, -0.2) is 4.79 Å². The Labute approximate surface area is 108 Å². The SMILES string of the molecule is CN1CCC[C@H](OC(=O)/C=C/c2ccccc2)C1. The van der Waals surface area contributed by atoms with E-state index in [1.165, 1.54) is 6.08 Å². The van der Waals surface area contributed by atoms with Gasteiger partial charge in [-0.15, -0.1) is 0 Å². The van der Waals surface area contributed by atoms with Gasteiger partial charge < -0.3 is 9.64 Å². The van der Waals surface area contributed by atoms with Crippen LogP contribution in [0.25, 0.3) is 6.08 Å². The predicted octanol–water partition coefficient (Wildman–Crippen LogP) is 2.34. The molecule has 2 rings (SSSR count). The first kappa shape index (κ1) is 12.8. The second-order valence-corrected chi connectivity index (χ2v) is 4.71. The number of rotatable bonds is 3.